The molecule has 0 saturated carbocycles. The van der Waals surface area contributed by atoms with Gasteiger partial charge in [-0.2, -0.15) is 0 Å². The van der Waals surface area contributed by atoms with Gasteiger partial charge in [0, 0.05) is 51.2 Å². The molecule has 0 N–H and O–H groups in total. The van der Waals surface area contributed by atoms with Gasteiger partial charge in [0.25, 0.3) is 0 Å². The van der Waals surface area contributed by atoms with Gasteiger partial charge in [0.05, 0.1) is 0 Å². The van der Waals surface area contributed by atoms with Crippen molar-refractivity contribution < 1.29 is 4.42 Å². The lowest BCUT2D eigenvalue weighted by Crippen LogP contribution is -2.16. The zero-order valence-electron chi connectivity index (χ0n) is 35.4. The average molecular weight is 808 g/mol. The molecule has 0 saturated heterocycles. The molecule has 1 atom stereocenters. The average Bonchev–Trinajstić information content (AvgIpc) is 3.83. The third-order valence-electron chi connectivity index (χ3n) is 13.7. The van der Waals surface area contributed by atoms with Crippen LogP contribution < -0.4 is 4.90 Å². The summed E-state index contributed by atoms with van der Waals surface area (Å²) >= 11 is 0. The maximum absolute atomic E-state index is 6.97. The van der Waals surface area contributed by atoms with Crippen LogP contribution >= 0.6 is 0 Å². The van der Waals surface area contributed by atoms with Gasteiger partial charge < -0.3 is 9.32 Å². The van der Waals surface area contributed by atoms with Gasteiger partial charge in [-0.1, -0.05) is 184 Å². The summed E-state index contributed by atoms with van der Waals surface area (Å²) in [6, 6.07) is 77.6. The molecule has 0 radical (unpaired) electrons. The number of anilines is 3. The Bertz CT molecular complexity index is 3380. The maximum Gasteiger partial charge on any atom is 0.142 e. The van der Waals surface area contributed by atoms with Gasteiger partial charge in [0.15, 0.2) is 0 Å². The first-order valence-electron chi connectivity index (χ1n) is 22.1. The van der Waals surface area contributed by atoms with Crippen LogP contribution in [-0.2, 0) is 11.8 Å². The molecular formula is C61H45NO. The Kier molecular flexibility index (Phi) is 8.69. The van der Waals surface area contributed by atoms with Crippen molar-refractivity contribution in [2.75, 3.05) is 4.90 Å². The maximum atomic E-state index is 6.97. The minimum absolute atomic E-state index is 0.104. The fourth-order valence-corrected chi connectivity index (χ4v) is 10.5. The molecule has 1 unspecified atom stereocenters. The lowest BCUT2D eigenvalue weighted by molar-refractivity contribution is 0.537. The van der Waals surface area contributed by atoms with E-state index in [0.717, 1.165) is 45.6 Å². The van der Waals surface area contributed by atoms with Crippen molar-refractivity contribution in [2.24, 2.45) is 0 Å². The van der Waals surface area contributed by atoms with Crippen LogP contribution in [0.3, 0.4) is 0 Å². The monoisotopic (exact) mass is 807 g/mol. The van der Waals surface area contributed by atoms with Crippen LogP contribution in [0.5, 0.6) is 0 Å². The summed E-state index contributed by atoms with van der Waals surface area (Å²) in [6.07, 6.45) is 3.20. The van der Waals surface area contributed by atoms with E-state index in [0.29, 0.717) is 0 Å². The van der Waals surface area contributed by atoms with Crippen LogP contribution in [-0.4, -0.2) is 0 Å². The van der Waals surface area contributed by atoms with E-state index in [1.54, 1.807) is 0 Å². The third kappa shape index (κ3) is 6.16. The molecule has 1 aromatic heterocycles. The van der Waals surface area contributed by atoms with Crippen molar-refractivity contribution in [1.29, 1.82) is 0 Å². The molecule has 10 aromatic rings. The Morgan fingerprint density at radius 2 is 1.05 bits per heavy atom. The standard InChI is InChI=1S/C61H45NO/c1-61(2)57-28-15-14-26-49(57)50-34-33-47(36-58(50)61)62(45-31-29-41(30-32-45)40-17-6-3-7-18-40)46-24-16-23-44(35-46)53-37-55-56-38-52(42-19-8-4-9-20-42)48-25-12-13-27-51(48)60(56)63-59(55)39-54(53)43-21-10-5-11-22-43/h3-38,54H,39H2,1-2H3. The van der Waals surface area contributed by atoms with Gasteiger partial charge >= 0.3 is 0 Å². The summed E-state index contributed by atoms with van der Waals surface area (Å²) < 4.78 is 6.97. The summed E-state index contributed by atoms with van der Waals surface area (Å²) in [6.45, 7) is 4.72. The predicted molar refractivity (Wildman–Crippen MR) is 264 cm³/mol. The number of rotatable bonds is 7. The Labute approximate surface area is 369 Å². The van der Waals surface area contributed by atoms with Gasteiger partial charge in [-0.3, -0.25) is 0 Å². The first-order chi connectivity index (χ1) is 31.0. The first kappa shape index (κ1) is 37.1. The Balaban J connectivity index is 1.04. The zero-order valence-corrected chi connectivity index (χ0v) is 35.4. The molecule has 1 heterocycles. The minimum Gasteiger partial charge on any atom is -0.460 e. The first-order valence-corrected chi connectivity index (χ1v) is 22.1. The predicted octanol–water partition coefficient (Wildman–Crippen LogP) is 16.6. The van der Waals surface area contributed by atoms with E-state index in [1.807, 2.05) is 0 Å². The highest BCUT2D eigenvalue weighted by Gasteiger charge is 2.36. The highest BCUT2D eigenvalue weighted by atomic mass is 16.3. The van der Waals surface area contributed by atoms with E-state index in [2.05, 4.69) is 237 Å². The van der Waals surface area contributed by atoms with Crippen LogP contribution in [0.4, 0.5) is 17.1 Å². The second-order valence-electron chi connectivity index (χ2n) is 17.6. The molecule has 0 fully saturated rings. The highest BCUT2D eigenvalue weighted by Crippen LogP contribution is 2.52. The molecule has 12 rings (SSSR count). The zero-order chi connectivity index (χ0) is 42.1. The normalized spacial score (nSPS) is 14.8. The fourth-order valence-electron chi connectivity index (χ4n) is 10.5. The number of allylic oxidation sites excluding steroid dienone is 1. The molecule has 0 spiro atoms. The molecule has 63 heavy (non-hydrogen) atoms. The largest absolute Gasteiger partial charge is 0.460 e. The van der Waals surface area contributed by atoms with E-state index in [-0.39, 0.29) is 11.3 Å². The van der Waals surface area contributed by atoms with Crippen LogP contribution in [0.15, 0.2) is 217 Å². The van der Waals surface area contributed by atoms with Crippen molar-refractivity contribution in [3.63, 3.8) is 0 Å². The van der Waals surface area contributed by atoms with E-state index < -0.39 is 0 Å². The van der Waals surface area contributed by atoms with Crippen molar-refractivity contribution >= 4 is 50.5 Å². The summed E-state index contributed by atoms with van der Waals surface area (Å²) in [5.41, 5.74) is 19.3. The van der Waals surface area contributed by atoms with Gasteiger partial charge in [0.2, 0.25) is 0 Å². The minimum atomic E-state index is -0.126. The number of benzene rings is 9. The second-order valence-corrected chi connectivity index (χ2v) is 17.6. The molecule has 2 nitrogen and oxygen atoms in total. The summed E-state index contributed by atoms with van der Waals surface area (Å²) in [5, 5.41) is 3.50. The van der Waals surface area contributed by atoms with E-state index in [9.17, 15) is 0 Å². The molecular weight excluding hydrogens is 763 g/mol. The molecule has 2 heteroatoms. The van der Waals surface area contributed by atoms with Gasteiger partial charge in [-0.15, -0.1) is 0 Å². The van der Waals surface area contributed by atoms with E-state index >= 15 is 0 Å². The molecule has 2 aliphatic carbocycles. The Morgan fingerprint density at radius 1 is 0.444 bits per heavy atom. The van der Waals surface area contributed by atoms with Crippen molar-refractivity contribution in [1.82, 2.24) is 0 Å². The number of nitrogens with zero attached hydrogens (tertiary/aromatic N) is 1. The second kappa shape index (κ2) is 14.8. The summed E-state index contributed by atoms with van der Waals surface area (Å²) in [7, 11) is 0. The molecule has 300 valence electrons. The van der Waals surface area contributed by atoms with Crippen molar-refractivity contribution in [3.8, 4) is 33.4 Å². The molecule has 0 bridgehead atoms. The lowest BCUT2D eigenvalue weighted by atomic mass is 9.78. The lowest BCUT2D eigenvalue weighted by Gasteiger charge is -2.30. The van der Waals surface area contributed by atoms with E-state index in [1.165, 1.54) is 72.2 Å². The van der Waals surface area contributed by atoms with Crippen LogP contribution in [0.25, 0.3) is 66.8 Å². The van der Waals surface area contributed by atoms with Crippen molar-refractivity contribution in [3.05, 3.63) is 246 Å². The number of furan rings is 1. The molecule has 9 aromatic carbocycles. The van der Waals surface area contributed by atoms with E-state index in [4.69, 9.17) is 4.42 Å². The van der Waals surface area contributed by atoms with Gasteiger partial charge in [-0.05, 0) is 115 Å². The van der Waals surface area contributed by atoms with Gasteiger partial charge in [0.1, 0.15) is 11.3 Å². The number of hydrogen-bond donors (Lipinski definition) is 0. The van der Waals surface area contributed by atoms with Crippen LogP contribution in [0.1, 0.15) is 53.3 Å². The Hall–Kier alpha value is -7.68. The summed E-state index contributed by atoms with van der Waals surface area (Å²) in [5.74, 6) is 1.14. The topological polar surface area (TPSA) is 16.4 Å². The highest BCUT2D eigenvalue weighted by molar-refractivity contribution is 6.14. The molecule has 0 amide bonds. The SMILES string of the molecule is CC1(C)c2ccccc2-c2ccc(N(c3ccc(-c4ccccc4)cc3)c3cccc(C4=Cc5c(oc6c5cc(-c5ccccc5)c5ccccc56)CC4c4ccccc4)c3)cc21. The van der Waals surface area contributed by atoms with Crippen LogP contribution in [0.2, 0.25) is 0 Å². The quantitative estimate of drug-likeness (QED) is 0.159. The Morgan fingerprint density at radius 3 is 1.83 bits per heavy atom. The number of fused-ring (bicyclic) bond motifs is 8. The third-order valence-corrected chi connectivity index (χ3v) is 13.7. The molecule has 0 aliphatic heterocycles. The van der Waals surface area contributed by atoms with Crippen molar-refractivity contribution in [2.45, 2.75) is 31.6 Å². The van der Waals surface area contributed by atoms with Gasteiger partial charge in [-0.25, -0.2) is 0 Å². The molecule has 2 aliphatic rings. The fraction of sp³-hybridized carbons (Fsp3) is 0.0820. The smallest absolute Gasteiger partial charge is 0.142 e. The number of hydrogen-bond acceptors (Lipinski definition) is 2. The van der Waals surface area contributed by atoms with Crippen LogP contribution in [0, 0.1) is 0 Å². The summed E-state index contributed by atoms with van der Waals surface area (Å²) in [4.78, 5) is 2.44.